The van der Waals surface area contributed by atoms with Gasteiger partial charge in [-0.2, -0.15) is 0 Å². The maximum absolute atomic E-state index is 12.5. The highest BCUT2D eigenvalue weighted by atomic mass is 32.1. The maximum atomic E-state index is 12.5. The summed E-state index contributed by atoms with van der Waals surface area (Å²) in [4.78, 5) is 29.2. The molecule has 0 saturated heterocycles. The molecule has 2 aromatic carbocycles. The predicted octanol–water partition coefficient (Wildman–Crippen LogP) is 5.09. The number of esters is 1. The van der Waals surface area contributed by atoms with E-state index >= 15 is 0 Å². The van der Waals surface area contributed by atoms with Crippen molar-refractivity contribution in [3.63, 3.8) is 0 Å². The van der Waals surface area contributed by atoms with E-state index in [1.807, 2.05) is 5.38 Å². The van der Waals surface area contributed by atoms with Gasteiger partial charge in [-0.25, -0.2) is 4.79 Å². The zero-order chi connectivity index (χ0) is 22.0. The summed E-state index contributed by atoms with van der Waals surface area (Å²) >= 11 is 1.48. The molecular formula is C25H23NO4S. The van der Waals surface area contributed by atoms with Crippen molar-refractivity contribution in [2.24, 2.45) is 4.99 Å². The fraction of sp³-hybridized carbons (Fsp3) is 0.240. The predicted molar refractivity (Wildman–Crippen MR) is 123 cm³/mol. The second-order valence-electron chi connectivity index (χ2n) is 7.56. The largest absolute Gasteiger partial charge is 0.506 e. The van der Waals surface area contributed by atoms with Crippen LogP contribution >= 0.6 is 11.3 Å². The molecule has 158 valence electrons. The Morgan fingerprint density at radius 1 is 1.06 bits per heavy atom. The molecule has 0 aliphatic heterocycles. The standard InChI is InChI=1S/C25H23NO4S/c1-15(26-13-22(27)17-7-9-18(10-8-17)25(29)30-2)21-14-31-24(23(21)28)20-11-6-16-4-3-5-19(16)12-20/h6-12,14,28H,3-5,13H2,1-2H3. The summed E-state index contributed by atoms with van der Waals surface area (Å²) in [5, 5.41) is 12.7. The van der Waals surface area contributed by atoms with Gasteiger partial charge in [0.15, 0.2) is 5.78 Å². The summed E-state index contributed by atoms with van der Waals surface area (Å²) in [5.41, 5.74) is 5.90. The minimum absolute atomic E-state index is 0.0349. The topological polar surface area (TPSA) is 76.0 Å². The van der Waals surface area contributed by atoms with E-state index in [0.717, 1.165) is 23.3 Å². The smallest absolute Gasteiger partial charge is 0.337 e. The highest BCUT2D eigenvalue weighted by Crippen LogP contribution is 2.40. The van der Waals surface area contributed by atoms with Crippen molar-refractivity contribution >= 4 is 28.8 Å². The van der Waals surface area contributed by atoms with Gasteiger partial charge in [0.25, 0.3) is 0 Å². The fourth-order valence-electron chi connectivity index (χ4n) is 3.80. The van der Waals surface area contributed by atoms with Crippen LogP contribution in [0.25, 0.3) is 10.4 Å². The highest BCUT2D eigenvalue weighted by Gasteiger charge is 2.18. The van der Waals surface area contributed by atoms with Gasteiger partial charge in [0.2, 0.25) is 0 Å². The summed E-state index contributed by atoms with van der Waals surface area (Å²) in [6, 6.07) is 12.7. The Morgan fingerprint density at radius 2 is 1.77 bits per heavy atom. The second-order valence-corrected chi connectivity index (χ2v) is 8.44. The fourth-order valence-corrected chi connectivity index (χ4v) is 4.81. The number of rotatable bonds is 6. The third-order valence-corrected chi connectivity index (χ3v) is 6.62. The Hall–Kier alpha value is -3.25. The van der Waals surface area contributed by atoms with Gasteiger partial charge in [0, 0.05) is 22.2 Å². The first kappa shape index (κ1) is 21.0. The summed E-state index contributed by atoms with van der Waals surface area (Å²) in [6.45, 7) is 1.76. The molecule has 1 aliphatic carbocycles. The maximum Gasteiger partial charge on any atom is 0.337 e. The Labute approximate surface area is 185 Å². The van der Waals surface area contributed by atoms with Crippen LogP contribution in [0.5, 0.6) is 5.75 Å². The number of aryl methyl sites for hydroxylation is 2. The van der Waals surface area contributed by atoms with Crippen molar-refractivity contribution in [3.05, 3.63) is 75.7 Å². The van der Waals surface area contributed by atoms with Crippen LogP contribution in [0.2, 0.25) is 0 Å². The number of methoxy groups -OCH3 is 1. The van der Waals surface area contributed by atoms with Crippen LogP contribution in [0.1, 0.15) is 50.8 Å². The van der Waals surface area contributed by atoms with Crippen molar-refractivity contribution in [2.45, 2.75) is 26.2 Å². The molecule has 0 atom stereocenters. The van der Waals surface area contributed by atoms with Crippen molar-refractivity contribution in [2.75, 3.05) is 13.7 Å². The van der Waals surface area contributed by atoms with Crippen LogP contribution in [0.15, 0.2) is 52.8 Å². The summed E-state index contributed by atoms with van der Waals surface area (Å²) in [7, 11) is 1.31. The molecule has 1 N–H and O–H groups in total. The van der Waals surface area contributed by atoms with Crippen LogP contribution in [0.4, 0.5) is 0 Å². The molecule has 0 fully saturated rings. The Morgan fingerprint density at radius 3 is 2.52 bits per heavy atom. The van der Waals surface area contributed by atoms with Crippen molar-refractivity contribution < 1.29 is 19.4 Å². The van der Waals surface area contributed by atoms with Crippen LogP contribution < -0.4 is 0 Å². The number of nitrogens with zero attached hydrogens (tertiary/aromatic N) is 1. The molecule has 1 aliphatic rings. The average molecular weight is 434 g/mol. The molecule has 1 aromatic heterocycles. The molecule has 31 heavy (non-hydrogen) atoms. The molecule has 0 radical (unpaired) electrons. The van der Waals surface area contributed by atoms with Crippen LogP contribution in [0, 0.1) is 0 Å². The number of carbonyl (C=O) groups is 2. The van der Waals surface area contributed by atoms with Gasteiger partial charge in [0.1, 0.15) is 12.3 Å². The summed E-state index contributed by atoms with van der Waals surface area (Å²) in [6.07, 6.45) is 3.40. The van der Waals surface area contributed by atoms with E-state index in [1.54, 1.807) is 31.2 Å². The molecule has 0 amide bonds. The third-order valence-electron chi connectivity index (χ3n) is 5.60. The number of benzene rings is 2. The minimum atomic E-state index is -0.444. The van der Waals surface area contributed by atoms with Gasteiger partial charge in [-0.3, -0.25) is 9.79 Å². The van der Waals surface area contributed by atoms with Crippen molar-refractivity contribution in [1.29, 1.82) is 0 Å². The summed E-state index contributed by atoms with van der Waals surface area (Å²) in [5.74, 6) is -0.400. The Bertz CT molecular complexity index is 1170. The molecule has 1 heterocycles. The Balaban J connectivity index is 1.49. The number of hydrogen-bond acceptors (Lipinski definition) is 6. The van der Waals surface area contributed by atoms with Gasteiger partial charge < -0.3 is 9.84 Å². The zero-order valence-corrected chi connectivity index (χ0v) is 18.3. The number of aliphatic imine (C=N–C) groups is 1. The number of ether oxygens (including phenoxy) is 1. The van der Waals surface area contributed by atoms with E-state index in [1.165, 1.54) is 36.0 Å². The Kier molecular flexibility index (Phi) is 6.00. The lowest BCUT2D eigenvalue weighted by atomic mass is 10.0. The monoisotopic (exact) mass is 433 g/mol. The zero-order valence-electron chi connectivity index (χ0n) is 17.5. The quantitative estimate of drug-likeness (QED) is 0.334. The van der Waals surface area contributed by atoms with E-state index < -0.39 is 5.97 Å². The van der Waals surface area contributed by atoms with Gasteiger partial charge in [-0.15, -0.1) is 11.3 Å². The molecule has 0 spiro atoms. The van der Waals surface area contributed by atoms with Gasteiger partial charge in [0.05, 0.1) is 17.6 Å². The van der Waals surface area contributed by atoms with Crippen molar-refractivity contribution in [3.8, 4) is 16.2 Å². The van der Waals surface area contributed by atoms with Gasteiger partial charge in [-0.1, -0.05) is 24.3 Å². The molecule has 4 rings (SSSR count). The first-order valence-electron chi connectivity index (χ1n) is 10.1. The average Bonchev–Trinajstić information content (AvgIpc) is 3.42. The number of carbonyl (C=O) groups excluding carboxylic acids is 2. The van der Waals surface area contributed by atoms with Crippen LogP contribution in [0.3, 0.4) is 0 Å². The lowest BCUT2D eigenvalue weighted by Gasteiger charge is -2.05. The van der Waals surface area contributed by atoms with Crippen LogP contribution in [-0.4, -0.2) is 36.2 Å². The molecule has 6 heteroatoms. The second kappa shape index (κ2) is 8.86. The number of Topliss-reactive ketones (excluding diaryl/α,β-unsaturated/α-hetero) is 1. The van der Waals surface area contributed by atoms with Gasteiger partial charge in [-0.05, 0) is 61.1 Å². The number of aromatic hydroxyl groups is 1. The van der Waals surface area contributed by atoms with E-state index in [4.69, 9.17) is 0 Å². The first-order chi connectivity index (χ1) is 15.0. The number of ketones is 1. The van der Waals surface area contributed by atoms with E-state index in [9.17, 15) is 14.7 Å². The van der Waals surface area contributed by atoms with E-state index in [-0.39, 0.29) is 18.1 Å². The molecular weight excluding hydrogens is 410 g/mol. The van der Waals surface area contributed by atoms with Crippen LogP contribution in [-0.2, 0) is 17.6 Å². The molecule has 0 bridgehead atoms. The van der Waals surface area contributed by atoms with E-state index in [2.05, 4.69) is 27.9 Å². The van der Waals surface area contributed by atoms with Crippen molar-refractivity contribution in [1.82, 2.24) is 0 Å². The lowest BCUT2D eigenvalue weighted by Crippen LogP contribution is -2.07. The minimum Gasteiger partial charge on any atom is -0.506 e. The lowest BCUT2D eigenvalue weighted by molar-refractivity contribution is 0.0600. The number of thiophene rings is 1. The SMILES string of the molecule is COC(=O)c1ccc(C(=O)CN=C(C)c2csc(-c3ccc4c(c3)CCC4)c2O)cc1. The third kappa shape index (κ3) is 4.30. The van der Waals surface area contributed by atoms with E-state index in [0.29, 0.717) is 22.4 Å². The molecule has 0 saturated carbocycles. The first-order valence-corrected chi connectivity index (χ1v) is 11.0. The highest BCUT2D eigenvalue weighted by molar-refractivity contribution is 7.14. The number of fused-ring (bicyclic) bond motifs is 1. The molecule has 0 unspecified atom stereocenters. The number of hydrogen-bond donors (Lipinski definition) is 1. The summed E-state index contributed by atoms with van der Waals surface area (Å²) < 4.78 is 4.66. The van der Waals surface area contributed by atoms with Gasteiger partial charge >= 0.3 is 5.97 Å². The normalized spacial score (nSPS) is 13.2. The molecule has 3 aromatic rings. The molecule has 5 nitrogen and oxygen atoms in total.